The second kappa shape index (κ2) is 13.0. The fourth-order valence-electron chi connectivity index (χ4n) is 3.42. The van der Waals surface area contributed by atoms with Crippen LogP contribution in [0.4, 0.5) is 0 Å². The summed E-state index contributed by atoms with van der Waals surface area (Å²) < 4.78 is 32.7. The van der Waals surface area contributed by atoms with E-state index in [1.54, 1.807) is 42.7 Å². The highest BCUT2D eigenvalue weighted by molar-refractivity contribution is 6.60. The maximum absolute atomic E-state index is 12.3. The van der Waals surface area contributed by atoms with Crippen LogP contribution in [0.15, 0.2) is 0 Å². The van der Waals surface area contributed by atoms with Crippen molar-refractivity contribution in [2.45, 2.75) is 44.2 Å². The smallest absolute Gasteiger partial charge is 0.377 e. The molecule has 1 amide bonds. The van der Waals surface area contributed by atoms with Gasteiger partial charge >= 0.3 is 17.6 Å². The van der Waals surface area contributed by atoms with Crippen molar-refractivity contribution in [2.75, 3.05) is 49.2 Å². The Bertz CT molecular complexity index is 379. The fourth-order valence-corrected chi connectivity index (χ4v) is 6.86. The molecule has 11 heteroatoms. The standard InChI is InChI=1S/C16H38N2O7Si2/c1-20-26(21-2,22-3)13-7-9-16(11-12-17,15(18)19)10-8-14-27(23-4,24-5)25-6/h7-14,17H2,1-6H3,(H2,18,19). The monoisotopic (exact) mass is 426 g/mol. The van der Waals surface area contributed by atoms with Crippen molar-refractivity contribution in [2.24, 2.45) is 16.9 Å². The zero-order valence-corrected chi connectivity index (χ0v) is 19.7. The van der Waals surface area contributed by atoms with Crippen LogP contribution in [0, 0.1) is 5.41 Å². The van der Waals surface area contributed by atoms with E-state index in [1.165, 1.54) is 0 Å². The molecule has 0 aliphatic rings. The van der Waals surface area contributed by atoms with E-state index in [1.807, 2.05) is 0 Å². The van der Waals surface area contributed by atoms with Gasteiger partial charge in [-0.2, -0.15) is 0 Å². The summed E-state index contributed by atoms with van der Waals surface area (Å²) in [6, 6.07) is 1.20. The number of amides is 1. The molecule has 0 atom stereocenters. The van der Waals surface area contributed by atoms with E-state index >= 15 is 0 Å². The highest BCUT2D eigenvalue weighted by Crippen LogP contribution is 2.36. The number of primary amides is 1. The van der Waals surface area contributed by atoms with Crippen LogP contribution in [-0.2, 0) is 31.4 Å². The largest absolute Gasteiger partial charge is 0.500 e. The molecule has 0 aliphatic carbocycles. The Labute approximate surface area is 165 Å². The third kappa shape index (κ3) is 7.51. The van der Waals surface area contributed by atoms with Crippen molar-refractivity contribution >= 4 is 23.5 Å². The van der Waals surface area contributed by atoms with Crippen LogP contribution in [0.2, 0.25) is 12.1 Å². The molecule has 27 heavy (non-hydrogen) atoms. The quantitative estimate of drug-likeness (QED) is 0.332. The Balaban J connectivity index is 5.08. The molecule has 0 saturated carbocycles. The third-order valence-corrected chi connectivity index (χ3v) is 11.0. The topological polar surface area (TPSA) is 124 Å². The Morgan fingerprint density at radius 2 is 1.07 bits per heavy atom. The molecule has 0 spiro atoms. The van der Waals surface area contributed by atoms with Gasteiger partial charge in [0.05, 0.1) is 5.41 Å². The number of rotatable bonds is 17. The van der Waals surface area contributed by atoms with Crippen molar-refractivity contribution < 1.29 is 31.4 Å². The van der Waals surface area contributed by atoms with E-state index in [4.69, 9.17) is 38.0 Å². The molecule has 4 N–H and O–H groups in total. The third-order valence-electron chi connectivity index (χ3n) is 5.29. The number of hydrogen-bond donors (Lipinski definition) is 2. The number of hydrogen-bond acceptors (Lipinski definition) is 8. The lowest BCUT2D eigenvalue weighted by molar-refractivity contribution is -0.129. The number of carbonyl (C=O) groups excluding carboxylic acids is 1. The van der Waals surface area contributed by atoms with Gasteiger partial charge in [-0.15, -0.1) is 0 Å². The SMILES string of the molecule is CO[Si](CCCC(CCN)(CCC[Si](OC)(OC)OC)C(N)=O)(OC)OC. The molecular formula is C16H38N2O7Si2. The van der Waals surface area contributed by atoms with Gasteiger partial charge < -0.3 is 38.0 Å². The Kier molecular flexibility index (Phi) is 12.8. The average Bonchev–Trinajstić information content (AvgIpc) is 2.69. The van der Waals surface area contributed by atoms with Gasteiger partial charge in [0, 0.05) is 54.7 Å². The van der Waals surface area contributed by atoms with Crippen LogP contribution in [-0.4, -0.2) is 72.7 Å². The molecule has 0 bridgehead atoms. The van der Waals surface area contributed by atoms with Crippen LogP contribution in [0.25, 0.3) is 0 Å². The van der Waals surface area contributed by atoms with Gasteiger partial charge in [-0.25, -0.2) is 0 Å². The van der Waals surface area contributed by atoms with E-state index in [9.17, 15) is 4.79 Å². The lowest BCUT2D eigenvalue weighted by Crippen LogP contribution is -2.45. The predicted octanol–water partition coefficient (Wildman–Crippen LogP) is 1.12. The van der Waals surface area contributed by atoms with Gasteiger partial charge in [0.15, 0.2) is 0 Å². The minimum absolute atomic E-state index is 0.341. The van der Waals surface area contributed by atoms with Crippen LogP contribution >= 0.6 is 0 Å². The molecule has 0 aromatic rings. The summed E-state index contributed by atoms with van der Waals surface area (Å²) in [4.78, 5) is 12.3. The Morgan fingerprint density at radius 3 is 1.30 bits per heavy atom. The first-order chi connectivity index (χ1) is 12.8. The second-order valence-corrected chi connectivity index (χ2v) is 12.7. The number of nitrogens with two attached hydrogens (primary N) is 2. The zero-order valence-electron chi connectivity index (χ0n) is 17.7. The Hall–Kier alpha value is -0.376. The maximum Gasteiger partial charge on any atom is 0.500 e. The van der Waals surface area contributed by atoms with Gasteiger partial charge in [0.25, 0.3) is 0 Å². The normalized spacial score (nSPS) is 13.1. The maximum atomic E-state index is 12.3. The van der Waals surface area contributed by atoms with Crippen molar-refractivity contribution in [1.29, 1.82) is 0 Å². The van der Waals surface area contributed by atoms with Crippen LogP contribution < -0.4 is 11.5 Å². The molecule has 0 radical (unpaired) electrons. The predicted molar refractivity (Wildman–Crippen MR) is 107 cm³/mol. The van der Waals surface area contributed by atoms with E-state index in [2.05, 4.69) is 0 Å². The minimum atomic E-state index is -2.69. The summed E-state index contributed by atoms with van der Waals surface area (Å²) in [5, 5.41) is 0. The fraction of sp³-hybridized carbons (Fsp3) is 0.938. The molecule has 0 heterocycles. The molecule has 162 valence electrons. The second-order valence-electron chi connectivity index (χ2n) is 6.48. The highest BCUT2D eigenvalue weighted by atomic mass is 28.4. The first kappa shape index (κ1) is 26.6. The van der Waals surface area contributed by atoms with E-state index < -0.39 is 23.0 Å². The molecule has 0 fully saturated rings. The summed E-state index contributed by atoms with van der Waals surface area (Å²) in [7, 11) is 4.07. The molecule has 0 aromatic heterocycles. The molecule has 0 unspecified atom stereocenters. The first-order valence-corrected chi connectivity index (χ1v) is 13.0. The molecular weight excluding hydrogens is 388 g/mol. The van der Waals surface area contributed by atoms with Gasteiger partial charge in [-0.1, -0.05) is 0 Å². The van der Waals surface area contributed by atoms with Crippen LogP contribution in [0.5, 0.6) is 0 Å². The first-order valence-electron chi connectivity index (χ1n) is 9.09. The van der Waals surface area contributed by atoms with E-state index in [0.29, 0.717) is 50.7 Å². The summed E-state index contributed by atoms with van der Waals surface area (Å²) in [5.74, 6) is -0.341. The zero-order chi connectivity index (χ0) is 21.0. The summed E-state index contributed by atoms with van der Waals surface area (Å²) in [6.07, 6.45) is 3.07. The molecule has 0 aromatic carbocycles. The summed E-state index contributed by atoms with van der Waals surface area (Å²) >= 11 is 0. The molecule has 9 nitrogen and oxygen atoms in total. The molecule has 0 aliphatic heterocycles. The van der Waals surface area contributed by atoms with E-state index in [0.717, 1.165) is 0 Å². The van der Waals surface area contributed by atoms with Crippen LogP contribution in [0.1, 0.15) is 32.1 Å². The van der Waals surface area contributed by atoms with Gasteiger partial charge in [-0.05, 0) is 38.6 Å². The lowest BCUT2D eigenvalue weighted by atomic mass is 9.76. The van der Waals surface area contributed by atoms with Crippen molar-refractivity contribution in [3.05, 3.63) is 0 Å². The lowest BCUT2D eigenvalue weighted by Gasteiger charge is -2.33. The van der Waals surface area contributed by atoms with Crippen molar-refractivity contribution in [3.63, 3.8) is 0 Å². The van der Waals surface area contributed by atoms with Crippen molar-refractivity contribution in [1.82, 2.24) is 0 Å². The van der Waals surface area contributed by atoms with Crippen LogP contribution in [0.3, 0.4) is 0 Å². The van der Waals surface area contributed by atoms with Gasteiger partial charge in [0.2, 0.25) is 5.91 Å². The van der Waals surface area contributed by atoms with E-state index in [-0.39, 0.29) is 5.91 Å². The summed E-state index contributed by atoms with van der Waals surface area (Å²) in [6.45, 7) is 0.381. The molecule has 0 rings (SSSR count). The minimum Gasteiger partial charge on any atom is -0.377 e. The number of carbonyl (C=O) groups is 1. The molecule has 0 saturated heterocycles. The average molecular weight is 427 g/mol. The highest BCUT2D eigenvalue weighted by Gasteiger charge is 2.42. The van der Waals surface area contributed by atoms with Crippen molar-refractivity contribution in [3.8, 4) is 0 Å². The van der Waals surface area contributed by atoms with Gasteiger partial charge in [0.1, 0.15) is 0 Å². The Morgan fingerprint density at radius 1 is 0.741 bits per heavy atom. The summed E-state index contributed by atoms with van der Waals surface area (Å²) in [5.41, 5.74) is 10.9. The van der Waals surface area contributed by atoms with Gasteiger partial charge in [-0.3, -0.25) is 4.79 Å².